The Kier molecular flexibility index (Phi) is 2.51. The van der Waals surface area contributed by atoms with Crippen LogP contribution in [0.4, 0.5) is 0 Å². The molecular formula is C17H17N3O. The average Bonchev–Trinajstić information content (AvgIpc) is 2.86. The second kappa shape index (κ2) is 4.19. The van der Waals surface area contributed by atoms with Crippen LogP contribution in [-0.2, 0) is 12.0 Å². The Bertz CT molecular complexity index is 741. The van der Waals surface area contributed by atoms with Crippen molar-refractivity contribution in [1.82, 2.24) is 10.3 Å². The van der Waals surface area contributed by atoms with E-state index < -0.39 is 0 Å². The Hall–Kier alpha value is -2.12. The minimum Gasteiger partial charge on any atom is -0.481 e. The van der Waals surface area contributed by atoms with Crippen molar-refractivity contribution in [2.24, 2.45) is 5.92 Å². The molecule has 0 saturated carbocycles. The summed E-state index contributed by atoms with van der Waals surface area (Å²) in [6.45, 7) is 2.84. The molecule has 1 aromatic heterocycles. The summed E-state index contributed by atoms with van der Waals surface area (Å²) >= 11 is 0. The lowest BCUT2D eigenvalue weighted by Crippen LogP contribution is -2.47. The third-order valence-electron chi connectivity index (χ3n) is 4.92. The lowest BCUT2D eigenvalue weighted by Gasteiger charge is -2.45. The Morgan fingerprint density at radius 2 is 2.33 bits per heavy atom. The van der Waals surface area contributed by atoms with E-state index in [0.717, 1.165) is 24.1 Å². The fourth-order valence-corrected chi connectivity index (χ4v) is 4.23. The SMILES string of the molecule is COc1ccc2c(n1)C[C@H]1C=C(C)C[C@]23NCC(C#N)=C13. The second-order valence-corrected chi connectivity index (χ2v) is 6.11. The van der Waals surface area contributed by atoms with Gasteiger partial charge in [-0.1, -0.05) is 11.6 Å². The highest BCUT2D eigenvalue weighted by Gasteiger charge is 2.51. The first kappa shape index (κ1) is 12.6. The molecule has 0 aromatic carbocycles. The van der Waals surface area contributed by atoms with Gasteiger partial charge in [0.25, 0.3) is 0 Å². The number of pyridine rings is 1. The van der Waals surface area contributed by atoms with Crippen LogP contribution in [0.3, 0.4) is 0 Å². The molecule has 2 aliphatic carbocycles. The maximum atomic E-state index is 9.45. The van der Waals surface area contributed by atoms with E-state index in [1.165, 1.54) is 16.7 Å². The van der Waals surface area contributed by atoms with E-state index in [9.17, 15) is 5.26 Å². The molecule has 4 heteroatoms. The molecule has 4 rings (SSSR count). The highest BCUT2D eigenvalue weighted by molar-refractivity contribution is 5.57. The predicted molar refractivity (Wildman–Crippen MR) is 78.7 cm³/mol. The van der Waals surface area contributed by atoms with Crippen LogP contribution >= 0.6 is 0 Å². The summed E-state index contributed by atoms with van der Waals surface area (Å²) in [4.78, 5) is 4.65. The van der Waals surface area contributed by atoms with E-state index in [1.54, 1.807) is 7.11 Å². The van der Waals surface area contributed by atoms with Gasteiger partial charge in [-0.3, -0.25) is 5.32 Å². The normalized spacial score (nSPS) is 29.4. The van der Waals surface area contributed by atoms with Crippen LogP contribution in [0.25, 0.3) is 0 Å². The van der Waals surface area contributed by atoms with Gasteiger partial charge in [-0.25, -0.2) is 4.98 Å². The first-order valence-corrected chi connectivity index (χ1v) is 7.28. The lowest BCUT2D eigenvalue weighted by atomic mass is 9.63. The van der Waals surface area contributed by atoms with Gasteiger partial charge in [-0.2, -0.15) is 5.26 Å². The summed E-state index contributed by atoms with van der Waals surface area (Å²) in [5, 5.41) is 13.1. The molecule has 3 aliphatic rings. The van der Waals surface area contributed by atoms with Gasteiger partial charge in [0.15, 0.2) is 0 Å². The van der Waals surface area contributed by atoms with Crippen molar-refractivity contribution in [3.05, 3.63) is 46.2 Å². The van der Waals surface area contributed by atoms with Crippen molar-refractivity contribution in [1.29, 1.82) is 5.26 Å². The molecule has 0 unspecified atom stereocenters. The van der Waals surface area contributed by atoms with Crippen LogP contribution in [0.5, 0.6) is 5.88 Å². The topological polar surface area (TPSA) is 57.9 Å². The van der Waals surface area contributed by atoms with Crippen molar-refractivity contribution in [2.75, 3.05) is 13.7 Å². The molecule has 0 amide bonds. The van der Waals surface area contributed by atoms with Gasteiger partial charge >= 0.3 is 0 Å². The Labute approximate surface area is 124 Å². The van der Waals surface area contributed by atoms with E-state index in [1.807, 2.05) is 6.07 Å². The molecule has 0 fully saturated rings. The summed E-state index contributed by atoms with van der Waals surface area (Å²) in [5.74, 6) is 0.949. The van der Waals surface area contributed by atoms with Crippen LogP contribution < -0.4 is 10.1 Å². The third-order valence-corrected chi connectivity index (χ3v) is 4.92. The summed E-state index contributed by atoms with van der Waals surface area (Å²) < 4.78 is 5.26. The van der Waals surface area contributed by atoms with E-state index in [-0.39, 0.29) is 11.5 Å². The number of nitrogens with zero attached hydrogens (tertiary/aromatic N) is 2. The van der Waals surface area contributed by atoms with Crippen LogP contribution in [0.15, 0.2) is 34.9 Å². The Balaban J connectivity index is 1.98. The maximum Gasteiger partial charge on any atom is 0.213 e. The molecular weight excluding hydrogens is 262 g/mol. The van der Waals surface area contributed by atoms with Gasteiger partial charge in [0.05, 0.1) is 24.4 Å². The van der Waals surface area contributed by atoms with Crippen molar-refractivity contribution in [2.45, 2.75) is 25.3 Å². The molecule has 4 nitrogen and oxygen atoms in total. The van der Waals surface area contributed by atoms with Crippen molar-refractivity contribution >= 4 is 0 Å². The minimum absolute atomic E-state index is 0.221. The number of nitriles is 1. The minimum atomic E-state index is -0.221. The number of hydrogen-bond donors (Lipinski definition) is 1. The molecule has 0 spiro atoms. The molecule has 21 heavy (non-hydrogen) atoms. The van der Waals surface area contributed by atoms with Crippen molar-refractivity contribution in [3.63, 3.8) is 0 Å². The lowest BCUT2D eigenvalue weighted by molar-refractivity contribution is 0.352. The molecule has 2 bridgehead atoms. The first-order valence-electron chi connectivity index (χ1n) is 7.28. The van der Waals surface area contributed by atoms with E-state index in [2.05, 4.69) is 35.4 Å². The van der Waals surface area contributed by atoms with Crippen LogP contribution in [0, 0.1) is 17.2 Å². The van der Waals surface area contributed by atoms with Gasteiger partial charge < -0.3 is 4.74 Å². The molecule has 106 valence electrons. The van der Waals surface area contributed by atoms with Gasteiger partial charge in [0.1, 0.15) is 0 Å². The molecule has 1 aliphatic heterocycles. The Morgan fingerprint density at radius 1 is 1.48 bits per heavy atom. The van der Waals surface area contributed by atoms with Gasteiger partial charge in [0.2, 0.25) is 5.88 Å². The van der Waals surface area contributed by atoms with E-state index in [4.69, 9.17) is 4.74 Å². The molecule has 1 aromatic rings. The number of methoxy groups -OCH3 is 1. The van der Waals surface area contributed by atoms with Crippen LogP contribution in [0.1, 0.15) is 24.6 Å². The van der Waals surface area contributed by atoms with Gasteiger partial charge in [-0.05, 0) is 30.5 Å². The zero-order valence-corrected chi connectivity index (χ0v) is 12.2. The monoisotopic (exact) mass is 279 g/mol. The van der Waals surface area contributed by atoms with Crippen LogP contribution in [0.2, 0.25) is 0 Å². The average molecular weight is 279 g/mol. The van der Waals surface area contributed by atoms with Gasteiger partial charge in [-0.15, -0.1) is 0 Å². The molecule has 1 N–H and O–H groups in total. The fraction of sp³-hybridized carbons (Fsp3) is 0.412. The molecule has 0 saturated heterocycles. The summed E-state index contributed by atoms with van der Waals surface area (Å²) in [6.07, 6.45) is 4.08. The number of ether oxygens (including phenoxy) is 1. The first-order chi connectivity index (χ1) is 10.2. The number of aromatic nitrogens is 1. The summed E-state index contributed by atoms with van der Waals surface area (Å²) in [5.41, 5.74) is 5.66. The number of fused-ring (bicyclic) bond motifs is 1. The van der Waals surface area contributed by atoms with Crippen LogP contribution in [-0.4, -0.2) is 18.6 Å². The Morgan fingerprint density at radius 3 is 3.10 bits per heavy atom. The zero-order valence-electron chi connectivity index (χ0n) is 12.2. The van der Waals surface area contributed by atoms with E-state index >= 15 is 0 Å². The summed E-state index contributed by atoms with van der Waals surface area (Å²) in [6, 6.07) is 6.43. The third kappa shape index (κ3) is 1.55. The highest BCUT2D eigenvalue weighted by Crippen LogP contribution is 2.53. The quantitative estimate of drug-likeness (QED) is 0.801. The number of nitrogens with one attached hydrogen (secondary N) is 1. The van der Waals surface area contributed by atoms with Crippen molar-refractivity contribution < 1.29 is 4.74 Å². The number of hydrogen-bond acceptors (Lipinski definition) is 4. The van der Waals surface area contributed by atoms with Gasteiger partial charge in [0, 0.05) is 30.5 Å². The van der Waals surface area contributed by atoms with Crippen molar-refractivity contribution in [3.8, 4) is 11.9 Å². The fourth-order valence-electron chi connectivity index (χ4n) is 4.23. The maximum absolute atomic E-state index is 9.45. The molecule has 0 radical (unpaired) electrons. The standard InChI is InChI=1S/C17H17N3O/c1-10-5-11-6-14-13(3-4-15(20-14)21-2)17(7-10)16(11)12(8-18)9-19-17/h3-5,11,19H,6-7,9H2,1-2H3/t11-,17+/m1/s1. The number of allylic oxidation sites excluding steroid dienone is 1. The zero-order chi connectivity index (χ0) is 14.6. The highest BCUT2D eigenvalue weighted by atomic mass is 16.5. The smallest absolute Gasteiger partial charge is 0.213 e. The molecule has 2 atom stereocenters. The predicted octanol–water partition coefficient (Wildman–Crippen LogP) is 2.23. The number of rotatable bonds is 1. The molecule has 2 heterocycles. The summed E-state index contributed by atoms with van der Waals surface area (Å²) in [7, 11) is 1.65. The van der Waals surface area contributed by atoms with E-state index in [0.29, 0.717) is 12.4 Å². The second-order valence-electron chi connectivity index (χ2n) is 6.11. The largest absolute Gasteiger partial charge is 0.481 e.